The van der Waals surface area contributed by atoms with Crippen molar-refractivity contribution in [1.82, 2.24) is 20.4 Å². The molecular formula is C15H29N5O3. The van der Waals surface area contributed by atoms with Crippen LogP contribution in [-0.2, 0) is 14.4 Å². The SMILES string of the molecule is CC(C)[C@H](N)C(=O)NCC(=O)NCCC(=O)N1CCN(C)CC1. The van der Waals surface area contributed by atoms with E-state index in [1.165, 1.54) is 0 Å². The summed E-state index contributed by atoms with van der Waals surface area (Å²) in [6.07, 6.45) is 0.273. The van der Waals surface area contributed by atoms with Gasteiger partial charge in [0.05, 0.1) is 12.6 Å². The molecule has 0 radical (unpaired) electrons. The van der Waals surface area contributed by atoms with E-state index in [9.17, 15) is 14.4 Å². The van der Waals surface area contributed by atoms with Crippen LogP contribution in [0.1, 0.15) is 20.3 Å². The summed E-state index contributed by atoms with van der Waals surface area (Å²) in [6.45, 7) is 7.04. The summed E-state index contributed by atoms with van der Waals surface area (Å²) in [5.74, 6) is -0.604. The quantitative estimate of drug-likeness (QED) is 0.520. The Balaban J connectivity index is 2.16. The molecule has 1 aliphatic heterocycles. The fraction of sp³-hybridized carbons (Fsp3) is 0.800. The molecule has 132 valence electrons. The monoisotopic (exact) mass is 327 g/mol. The number of nitrogens with one attached hydrogen (secondary N) is 2. The van der Waals surface area contributed by atoms with Crippen molar-refractivity contribution >= 4 is 17.7 Å². The van der Waals surface area contributed by atoms with Gasteiger partial charge in [-0.3, -0.25) is 14.4 Å². The summed E-state index contributed by atoms with van der Waals surface area (Å²) < 4.78 is 0. The van der Waals surface area contributed by atoms with E-state index in [4.69, 9.17) is 5.73 Å². The number of hydrogen-bond acceptors (Lipinski definition) is 5. The van der Waals surface area contributed by atoms with Gasteiger partial charge in [-0.1, -0.05) is 13.8 Å². The summed E-state index contributed by atoms with van der Waals surface area (Å²) in [5, 5.41) is 5.13. The molecular weight excluding hydrogens is 298 g/mol. The Kier molecular flexibility index (Phi) is 7.97. The number of hydrogen-bond donors (Lipinski definition) is 3. The smallest absolute Gasteiger partial charge is 0.239 e. The lowest BCUT2D eigenvalue weighted by molar-refractivity contribution is -0.133. The number of piperazine rings is 1. The molecule has 8 heteroatoms. The van der Waals surface area contributed by atoms with Crippen LogP contribution in [0.25, 0.3) is 0 Å². The van der Waals surface area contributed by atoms with Crippen molar-refractivity contribution in [2.24, 2.45) is 11.7 Å². The summed E-state index contributed by atoms with van der Waals surface area (Å²) in [5.41, 5.74) is 5.68. The molecule has 0 unspecified atom stereocenters. The van der Waals surface area contributed by atoms with Gasteiger partial charge in [0, 0.05) is 39.1 Å². The van der Waals surface area contributed by atoms with E-state index >= 15 is 0 Å². The zero-order valence-electron chi connectivity index (χ0n) is 14.3. The van der Waals surface area contributed by atoms with E-state index in [1.807, 2.05) is 25.8 Å². The predicted molar refractivity (Wildman–Crippen MR) is 87.5 cm³/mol. The highest BCUT2D eigenvalue weighted by Gasteiger charge is 2.19. The molecule has 4 N–H and O–H groups in total. The molecule has 0 spiro atoms. The first-order valence-corrected chi connectivity index (χ1v) is 8.07. The van der Waals surface area contributed by atoms with E-state index in [-0.39, 0.29) is 43.1 Å². The van der Waals surface area contributed by atoms with Crippen LogP contribution in [0.3, 0.4) is 0 Å². The molecule has 23 heavy (non-hydrogen) atoms. The number of carbonyl (C=O) groups excluding carboxylic acids is 3. The van der Waals surface area contributed by atoms with Crippen molar-refractivity contribution in [3.8, 4) is 0 Å². The zero-order chi connectivity index (χ0) is 17.4. The maximum Gasteiger partial charge on any atom is 0.239 e. The topological polar surface area (TPSA) is 108 Å². The maximum atomic E-state index is 12.0. The fourth-order valence-electron chi connectivity index (χ4n) is 2.17. The van der Waals surface area contributed by atoms with E-state index in [1.54, 1.807) is 0 Å². The minimum Gasteiger partial charge on any atom is -0.354 e. The highest BCUT2D eigenvalue weighted by molar-refractivity contribution is 5.87. The molecule has 0 aliphatic carbocycles. The Hall–Kier alpha value is -1.67. The molecule has 1 heterocycles. The lowest BCUT2D eigenvalue weighted by Crippen LogP contribution is -2.48. The first-order chi connectivity index (χ1) is 10.8. The Morgan fingerprint density at radius 2 is 1.70 bits per heavy atom. The first kappa shape index (κ1) is 19.4. The average molecular weight is 327 g/mol. The molecule has 1 saturated heterocycles. The van der Waals surface area contributed by atoms with Crippen LogP contribution in [0.4, 0.5) is 0 Å². The summed E-state index contributed by atoms with van der Waals surface area (Å²) >= 11 is 0. The van der Waals surface area contributed by atoms with Crippen LogP contribution in [0.5, 0.6) is 0 Å². The second kappa shape index (κ2) is 9.46. The van der Waals surface area contributed by atoms with Crippen molar-refractivity contribution in [3.63, 3.8) is 0 Å². The molecule has 0 aromatic rings. The average Bonchev–Trinajstić information content (AvgIpc) is 2.52. The predicted octanol–water partition coefficient (Wildman–Crippen LogP) is -1.63. The van der Waals surface area contributed by atoms with Crippen molar-refractivity contribution in [2.45, 2.75) is 26.3 Å². The number of rotatable bonds is 7. The third kappa shape index (κ3) is 6.96. The third-order valence-corrected chi connectivity index (χ3v) is 3.96. The van der Waals surface area contributed by atoms with Crippen LogP contribution in [0, 0.1) is 5.92 Å². The van der Waals surface area contributed by atoms with Gasteiger partial charge in [0.1, 0.15) is 0 Å². The minimum atomic E-state index is -0.624. The van der Waals surface area contributed by atoms with Crippen LogP contribution in [-0.4, -0.2) is 79.9 Å². The molecule has 0 bridgehead atoms. The second-order valence-electron chi connectivity index (χ2n) is 6.27. The van der Waals surface area contributed by atoms with Crippen LogP contribution >= 0.6 is 0 Å². The minimum absolute atomic E-state index is 0.0132. The van der Waals surface area contributed by atoms with Gasteiger partial charge in [0.25, 0.3) is 0 Å². The normalized spacial score (nSPS) is 17.0. The van der Waals surface area contributed by atoms with Crippen molar-refractivity contribution in [2.75, 3.05) is 46.3 Å². The Bertz CT molecular complexity index is 419. The fourth-order valence-corrected chi connectivity index (χ4v) is 2.17. The van der Waals surface area contributed by atoms with Gasteiger partial charge in [-0.05, 0) is 13.0 Å². The number of amides is 3. The molecule has 0 aromatic carbocycles. The Morgan fingerprint density at radius 1 is 1.09 bits per heavy atom. The molecule has 1 fully saturated rings. The van der Waals surface area contributed by atoms with Crippen LogP contribution in [0.15, 0.2) is 0 Å². The number of likely N-dealkylation sites (N-methyl/N-ethyl adjacent to an activating group) is 1. The van der Waals surface area contributed by atoms with Crippen molar-refractivity contribution < 1.29 is 14.4 Å². The van der Waals surface area contributed by atoms with Gasteiger partial charge in [-0.25, -0.2) is 0 Å². The lowest BCUT2D eigenvalue weighted by Gasteiger charge is -2.32. The summed E-state index contributed by atoms with van der Waals surface area (Å²) in [7, 11) is 2.03. The highest BCUT2D eigenvalue weighted by atomic mass is 16.2. The zero-order valence-corrected chi connectivity index (χ0v) is 14.3. The van der Waals surface area contributed by atoms with Crippen LogP contribution in [0.2, 0.25) is 0 Å². The molecule has 1 rings (SSSR count). The maximum absolute atomic E-state index is 12.0. The van der Waals surface area contributed by atoms with E-state index in [0.717, 1.165) is 26.2 Å². The largest absolute Gasteiger partial charge is 0.354 e. The Morgan fingerprint density at radius 3 is 2.26 bits per heavy atom. The van der Waals surface area contributed by atoms with E-state index in [0.29, 0.717) is 0 Å². The molecule has 0 saturated carbocycles. The van der Waals surface area contributed by atoms with Gasteiger partial charge in [-0.2, -0.15) is 0 Å². The van der Waals surface area contributed by atoms with E-state index in [2.05, 4.69) is 15.5 Å². The standard InChI is InChI=1S/C15H29N5O3/c1-11(2)14(16)15(23)18-10-12(21)17-5-4-13(22)20-8-6-19(3)7-9-20/h11,14H,4-10,16H2,1-3H3,(H,17,21)(H,18,23)/t14-/m0/s1. The first-order valence-electron chi connectivity index (χ1n) is 8.07. The van der Waals surface area contributed by atoms with Crippen molar-refractivity contribution in [1.29, 1.82) is 0 Å². The highest BCUT2D eigenvalue weighted by Crippen LogP contribution is 2.01. The van der Waals surface area contributed by atoms with Crippen LogP contribution < -0.4 is 16.4 Å². The van der Waals surface area contributed by atoms with E-state index < -0.39 is 6.04 Å². The summed E-state index contributed by atoms with van der Waals surface area (Å²) in [4.78, 5) is 39.2. The number of carbonyl (C=O) groups is 3. The van der Waals surface area contributed by atoms with Gasteiger partial charge >= 0.3 is 0 Å². The molecule has 1 atom stereocenters. The molecule has 1 aliphatic rings. The number of nitrogens with two attached hydrogens (primary N) is 1. The molecule has 0 aromatic heterocycles. The molecule has 3 amide bonds. The summed E-state index contributed by atoms with van der Waals surface area (Å²) in [6, 6.07) is -0.624. The Labute approximate surface area is 137 Å². The number of nitrogens with zero attached hydrogens (tertiary/aromatic N) is 2. The van der Waals surface area contributed by atoms with Gasteiger partial charge in [-0.15, -0.1) is 0 Å². The van der Waals surface area contributed by atoms with Crippen molar-refractivity contribution in [3.05, 3.63) is 0 Å². The lowest BCUT2D eigenvalue weighted by atomic mass is 10.1. The second-order valence-corrected chi connectivity index (χ2v) is 6.27. The molecule has 8 nitrogen and oxygen atoms in total. The third-order valence-electron chi connectivity index (χ3n) is 3.96. The van der Waals surface area contributed by atoms with Gasteiger partial charge < -0.3 is 26.2 Å². The van der Waals surface area contributed by atoms with Gasteiger partial charge in [0.2, 0.25) is 17.7 Å². The van der Waals surface area contributed by atoms with Gasteiger partial charge in [0.15, 0.2) is 0 Å².